The lowest BCUT2D eigenvalue weighted by molar-refractivity contribution is 0.0378. The Balaban J connectivity index is 2.13. The number of morpholine rings is 1. The Morgan fingerprint density at radius 1 is 1.50 bits per heavy atom. The molecule has 3 nitrogen and oxygen atoms in total. The average Bonchev–Trinajstić information content (AvgIpc) is 1.88. The van der Waals surface area contributed by atoms with Crippen molar-refractivity contribution in [3.63, 3.8) is 0 Å². The van der Waals surface area contributed by atoms with Crippen molar-refractivity contribution in [3.8, 4) is 0 Å². The highest BCUT2D eigenvalue weighted by Gasteiger charge is 2.11. The Bertz CT molecular complexity index is 89.6. The molecular weight excluding hydrogens is 130 g/mol. The third kappa shape index (κ3) is 2.64. The summed E-state index contributed by atoms with van der Waals surface area (Å²) in [5.74, 6) is 0. The van der Waals surface area contributed by atoms with Gasteiger partial charge in [-0.2, -0.15) is 0 Å². The van der Waals surface area contributed by atoms with Crippen LogP contribution in [0.2, 0.25) is 0 Å². The van der Waals surface area contributed by atoms with Crippen molar-refractivity contribution in [1.29, 1.82) is 0 Å². The molecule has 1 N–H and O–H groups in total. The van der Waals surface area contributed by atoms with Crippen molar-refractivity contribution < 1.29 is 9.84 Å². The fourth-order valence-corrected chi connectivity index (χ4v) is 1.03. The van der Waals surface area contributed by atoms with E-state index in [1.165, 1.54) is 0 Å². The molecule has 0 saturated carbocycles. The van der Waals surface area contributed by atoms with Gasteiger partial charge in [-0.15, -0.1) is 0 Å². The van der Waals surface area contributed by atoms with Gasteiger partial charge < -0.3 is 9.84 Å². The van der Waals surface area contributed by atoms with E-state index in [-0.39, 0.29) is 6.10 Å². The highest BCUT2D eigenvalue weighted by atomic mass is 16.5. The Morgan fingerprint density at radius 2 is 2.10 bits per heavy atom. The van der Waals surface area contributed by atoms with Crippen molar-refractivity contribution in [2.45, 2.75) is 13.0 Å². The summed E-state index contributed by atoms with van der Waals surface area (Å²) < 4.78 is 5.14. The van der Waals surface area contributed by atoms with Crippen LogP contribution in [0.3, 0.4) is 0 Å². The van der Waals surface area contributed by atoms with Crippen LogP contribution in [0.5, 0.6) is 0 Å². The molecule has 1 rings (SSSR count). The molecule has 1 aliphatic rings. The van der Waals surface area contributed by atoms with Crippen LogP contribution in [0.25, 0.3) is 0 Å². The van der Waals surface area contributed by atoms with E-state index < -0.39 is 0 Å². The quantitative estimate of drug-likeness (QED) is 0.585. The van der Waals surface area contributed by atoms with Crippen LogP contribution in [0.1, 0.15) is 6.92 Å². The van der Waals surface area contributed by atoms with Gasteiger partial charge >= 0.3 is 0 Å². The van der Waals surface area contributed by atoms with Crippen LogP contribution >= 0.6 is 0 Å². The Morgan fingerprint density at radius 3 is 2.60 bits per heavy atom. The van der Waals surface area contributed by atoms with Crippen LogP contribution in [0.15, 0.2) is 0 Å². The zero-order valence-corrected chi connectivity index (χ0v) is 6.29. The van der Waals surface area contributed by atoms with Gasteiger partial charge in [0.15, 0.2) is 0 Å². The standard InChI is InChI=1S/C7H14NO2/c1-7(9)6-8-2-4-10-5-3-8/h6-7,9H,2-5H2,1H3. The molecule has 0 amide bonds. The van der Waals surface area contributed by atoms with Crippen LogP contribution in [0.4, 0.5) is 0 Å². The zero-order chi connectivity index (χ0) is 7.40. The molecule has 1 aliphatic heterocycles. The third-order valence-corrected chi connectivity index (χ3v) is 1.47. The van der Waals surface area contributed by atoms with Gasteiger partial charge in [-0.25, -0.2) is 0 Å². The molecule has 0 spiro atoms. The monoisotopic (exact) mass is 144 g/mol. The molecule has 1 atom stereocenters. The van der Waals surface area contributed by atoms with Crippen molar-refractivity contribution in [3.05, 3.63) is 6.54 Å². The van der Waals surface area contributed by atoms with Crippen LogP contribution in [-0.2, 0) is 4.74 Å². The molecule has 0 aliphatic carbocycles. The molecule has 0 bridgehead atoms. The van der Waals surface area contributed by atoms with E-state index in [1.54, 1.807) is 6.92 Å². The first kappa shape index (κ1) is 7.98. The smallest absolute Gasteiger partial charge is 0.0683 e. The molecule has 3 heteroatoms. The van der Waals surface area contributed by atoms with Crippen molar-refractivity contribution in [1.82, 2.24) is 4.90 Å². The minimum absolute atomic E-state index is 0.335. The van der Waals surface area contributed by atoms with E-state index in [4.69, 9.17) is 9.84 Å². The minimum atomic E-state index is -0.335. The molecule has 0 aromatic heterocycles. The van der Waals surface area contributed by atoms with Gasteiger partial charge in [-0.3, -0.25) is 4.90 Å². The molecule has 1 saturated heterocycles. The maximum absolute atomic E-state index is 8.97. The highest BCUT2D eigenvalue weighted by Crippen LogP contribution is 2.01. The lowest BCUT2D eigenvalue weighted by Gasteiger charge is -2.26. The van der Waals surface area contributed by atoms with Crippen LogP contribution in [0, 0.1) is 6.54 Å². The van der Waals surface area contributed by atoms with Crippen LogP contribution in [-0.4, -0.2) is 42.4 Å². The van der Waals surface area contributed by atoms with E-state index in [0.717, 1.165) is 26.3 Å². The first-order valence-corrected chi connectivity index (χ1v) is 3.64. The molecule has 59 valence electrons. The van der Waals surface area contributed by atoms with Gasteiger partial charge in [0.25, 0.3) is 0 Å². The van der Waals surface area contributed by atoms with Crippen molar-refractivity contribution >= 4 is 0 Å². The van der Waals surface area contributed by atoms with Crippen molar-refractivity contribution in [2.75, 3.05) is 26.3 Å². The minimum Gasteiger partial charge on any atom is -0.392 e. The highest BCUT2D eigenvalue weighted by molar-refractivity contribution is 4.75. The third-order valence-electron chi connectivity index (χ3n) is 1.47. The largest absolute Gasteiger partial charge is 0.392 e. The summed E-state index contributed by atoms with van der Waals surface area (Å²) in [6, 6.07) is 0. The molecular formula is C7H14NO2. The summed E-state index contributed by atoms with van der Waals surface area (Å²) in [5, 5.41) is 8.97. The van der Waals surface area contributed by atoms with Crippen molar-refractivity contribution in [2.24, 2.45) is 0 Å². The van der Waals surface area contributed by atoms with Gasteiger partial charge in [0.1, 0.15) is 0 Å². The lowest BCUT2D eigenvalue weighted by Crippen LogP contribution is -2.36. The Labute approximate surface area is 61.6 Å². The molecule has 0 aromatic carbocycles. The maximum Gasteiger partial charge on any atom is 0.0683 e. The van der Waals surface area contributed by atoms with E-state index in [9.17, 15) is 0 Å². The van der Waals surface area contributed by atoms with Gasteiger partial charge in [0, 0.05) is 13.1 Å². The molecule has 1 heterocycles. The molecule has 1 radical (unpaired) electrons. The van der Waals surface area contributed by atoms with Gasteiger partial charge in [-0.05, 0) is 6.92 Å². The first-order chi connectivity index (χ1) is 4.79. The molecule has 1 unspecified atom stereocenters. The summed E-state index contributed by atoms with van der Waals surface area (Å²) in [7, 11) is 0. The summed E-state index contributed by atoms with van der Waals surface area (Å²) in [5.41, 5.74) is 0. The lowest BCUT2D eigenvalue weighted by atomic mass is 10.3. The summed E-state index contributed by atoms with van der Waals surface area (Å²) in [6.07, 6.45) is -0.335. The SMILES string of the molecule is CC(O)[CH]N1CCOCC1. The summed E-state index contributed by atoms with van der Waals surface area (Å²) in [6.45, 7) is 6.97. The van der Waals surface area contributed by atoms with Crippen LogP contribution < -0.4 is 0 Å². The maximum atomic E-state index is 8.97. The Kier molecular flexibility index (Phi) is 3.12. The number of ether oxygens (including phenoxy) is 1. The second-order valence-electron chi connectivity index (χ2n) is 2.54. The van der Waals surface area contributed by atoms with Gasteiger partial charge in [0.05, 0.1) is 25.9 Å². The zero-order valence-electron chi connectivity index (χ0n) is 6.29. The summed E-state index contributed by atoms with van der Waals surface area (Å²) >= 11 is 0. The fourth-order valence-electron chi connectivity index (χ4n) is 1.03. The molecule has 0 aromatic rings. The fraction of sp³-hybridized carbons (Fsp3) is 0.857. The topological polar surface area (TPSA) is 32.7 Å². The first-order valence-electron chi connectivity index (χ1n) is 3.64. The molecule has 1 fully saturated rings. The van der Waals surface area contributed by atoms with E-state index in [1.807, 2.05) is 6.54 Å². The number of rotatable bonds is 2. The predicted molar refractivity (Wildman–Crippen MR) is 38.4 cm³/mol. The second-order valence-corrected chi connectivity index (χ2v) is 2.54. The average molecular weight is 144 g/mol. The number of hydrogen-bond donors (Lipinski definition) is 1. The predicted octanol–water partition coefficient (Wildman–Crippen LogP) is -0.139. The Hall–Kier alpha value is -0.120. The summed E-state index contributed by atoms with van der Waals surface area (Å²) in [4.78, 5) is 2.09. The number of nitrogens with zero attached hydrogens (tertiary/aromatic N) is 1. The van der Waals surface area contributed by atoms with Gasteiger partial charge in [0.2, 0.25) is 0 Å². The van der Waals surface area contributed by atoms with Gasteiger partial charge in [-0.1, -0.05) is 0 Å². The normalized spacial score (nSPS) is 24.6. The number of aliphatic hydroxyl groups excluding tert-OH is 1. The van der Waals surface area contributed by atoms with E-state index >= 15 is 0 Å². The number of hydrogen-bond acceptors (Lipinski definition) is 3. The molecule has 10 heavy (non-hydrogen) atoms. The van der Waals surface area contributed by atoms with E-state index in [2.05, 4.69) is 4.90 Å². The second kappa shape index (κ2) is 3.91. The number of aliphatic hydroxyl groups is 1. The van der Waals surface area contributed by atoms with E-state index in [0.29, 0.717) is 0 Å².